The molecule has 1 aliphatic rings. The summed E-state index contributed by atoms with van der Waals surface area (Å²) >= 11 is 3.49. The first kappa shape index (κ1) is 15.0. The second-order valence-corrected chi connectivity index (χ2v) is 5.75. The van der Waals surface area contributed by atoms with Gasteiger partial charge in [-0.1, -0.05) is 28.1 Å². The molecular weight excluding hydrogens is 326 g/mol. The van der Waals surface area contributed by atoms with Gasteiger partial charge in [-0.3, -0.25) is 4.79 Å². The van der Waals surface area contributed by atoms with Crippen LogP contribution in [0.15, 0.2) is 22.7 Å². The summed E-state index contributed by atoms with van der Waals surface area (Å²) in [5.41, 5.74) is 0.373. The Labute approximate surface area is 125 Å². The van der Waals surface area contributed by atoms with Gasteiger partial charge in [-0.2, -0.15) is 0 Å². The number of amides is 1. The molecule has 6 heteroatoms. The van der Waals surface area contributed by atoms with Gasteiger partial charge in [-0.25, -0.2) is 4.79 Å². The molecule has 0 spiro atoms. The van der Waals surface area contributed by atoms with Gasteiger partial charge in [0.2, 0.25) is 5.60 Å². The Morgan fingerprint density at radius 3 is 2.75 bits per heavy atom. The van der Waals surface area contributed by atoms with E-state index in [1.165, 1.54) is 24.5 Å². The number of benzene rings is 1. The molecular formula is C14H16BrNO4. The van der Waals surface area contributed by atoms with Gasteiger partial charge in [-0.15, -0.1) is 0 Å². The molecule has 108 valence electrons. The molecule has 1 N–H and O–H groups in total. The van der Waals surface area contributed by atoms with Gasteiger partial charge in [0.25, 0.3) is 5.91 Å². The van der Waals surface area contributed by atoms with Crippen LogP contribution in [0.2, 0.25) is 0 Å². The number of methoxy groups -OCH3 is 1. The largest absolute Gasteiger partial charge is 0.479 e. The maximum absolute atomic E-state index is 12.4. The number of carbonyl (C=O) groups is 2. The number of fused-ring (bicyclic) bond motifs is 1. The second kappa shape index (κ2) is 5.54. The number of aliphatic carboxylic acids is 1. The Balaban J connectivity index is 2.25. The van der Waals surface area contributed by atoms with Crippen LogP contribution in [-0.4, -0.2) is 41.1 Å². The van der Waals surface area contributed by atoms with E-state index in [9.17, 15) is 14.7 Å². The second-order valence-electron chi connectivity index (χ2n) is 4.90. The average molecular weight is 342 g/mol. The minimum absolute atomic E-state index is 0.403. The molecule has 0 aliphatic carbocycles. The number of hydrogen-bond donors (Lipinski definition) is 1. The number of rotatable bonds is 3. The summed E-state index contributed by atoms with van der Waals surface area (Å²) < 4.78 is 5.95. The number of carboxylic acids is 1. The molecule has 0 radical (unpaired) electrons. The zero-order valence-electron chi connectivity index (χ0n) is 11.4. The van der Waals surface area contributed by atoms with Crippen molar-refractivity contribution in [2.75, 3.05) is 13.7 Å². The van der Waals surface area contributed by atoms with Crippen LogP contribution >= 0.6 is 15.9 Å². The number of carboxylic acid groups (broad SMARTS) is 1. The number of hydrogen-bond acceptors (Lipinski definition) is 3. The summed E-state index contributed by atoms with van der Waals surface area (Å²) in [5.74, 6) is -1.79. The topological polar surface area (TPSA) is 66.8 Å². The first-order valence-corrected chi connectivity index (χ1v) is 7.03. The highest BCUT2D eigenvalue weighted by atomic mass is 79.9. The maximum atomic E-state index is 12.4. The van der Waals surface area contributed by atoms with E-state index in [0.717, 1.165) is 10.0 Å². The Morgan fingerprint density at radius 2 is 2.15 bits per heavy atom. The highest BCUT2D eigenvalue weighted by molar-refractivity contribution is 9.10. The van der Waals surface area contributed by atoms with E-state index >= 15 is 0 Å². The van der Waals surface area contributed by atoms with Crippen molar-refractivity contribution in [2.45, 2.75) is 25.5 Å². The zero-order valence-corrected chi connectivity index (χ0v) is 12.9. The van der Waals surface area contributed by atoms with Crippen LogP contribution in [-0.2, 0) is 27.3 Å². The molecule has 0 aromatic heterocycles. The lowest BCUT2D eigenvalue weighted by atomic mass is 9.97. The first-order valence-electron chi connectivity index (χ1n) is 6.24. The molecule has 0 fully saturated rings. The molecule has 2 rings (SSSR count). The molecule has 1 aromatic rings. The maximum Gasteiger partial charge on any atom is 0.345 e. The van der Waals surface area contributed by atoms with Crippen LogP contribution in [0.5, 0.6) is 0 Å². The number of carbonyl (C=O) groups excluding carboxylic acids is 1. The summed E-state index contributed by atoms with van der Waals surface area (Å²) in [7, 11) is 1.24. The lowest BCUT2D eigenvalue weighted by molar-refractivity contribution is -0.173. The molecule has 1 aliphatic heterocycles. The Hall–Kier alpha value is -1.40. The van der Waals surface area contributed by atoms with Crippen molar-refractivity contribution < 1.29 is 19.4 Å². The van der Waals surface area contributed by atoms with Crippen molar-refractivity contribution >= 4 is 27.8 Å². The molecule has 0 saturated carbocycles. The van der Waals surface area contributed by atoms with Crippen LogP contribution in [0.3, 0.4) is 0 Å². The number of nitrogens with zero attached hydrogens (tertiary/aromatic N) is 1. The molecule has 1 atom stereocenters. The highest BCUT2D eigenvalue weighted by Gasteiger charge is 2.45. The molecule has 5 nitrogen and oxygen atoms in total. The number of halogens is 1. The minimum Gasteiger partial charge on any atom is -0.479 e. The van der Waals surface area contributed by atoms with E-state index in [0.29, 0.717) is 19.5 Å². The van der Waals surface area contributed by atoms with Crippen molar-refractivity contribution in [2.24, 2.45) is 0 Å². The van der Waals surface area contributed by atoms with Crippen LogP contribution in [0, 0.1) is 0 Å². The third kappa shape index (κ3) is 2.45. The third-order valence-electron chi connectivity index (χ3n) is 3.72. The average Bonchev–Trinajstić information content (AvgIpc) is 2.45. The van der Waals surface area contributed by atoms with E-state index in [-0.39, 0.29) is 0 Å². The van der Waals surface area contributed by atoms with E-state index in [4.69, 9.17) is 4.74 Å². The van der Waals surface area contributed by atoms with Crippen LogP contribution in [0.1, 0.15) is 18.1 Å². The van der Waals surface area contributed by atoms with Gasteiger partial charge >= 0.3 is 5.97 Å². The Bertz CT molecular complexity index is 560. The Kier molecular flexibility index (Phi) is 4.15. The fraction of sp³-hybridized carbons (Fsp3) is 0.429. The highest BCUT2D eigenvalue weighted by Crippen LogP contribution is 2.28. The molecule has 0 bridgehead atoms. The van der Waals surface area contributed by atoms with Crippen molar-refractivity contribution in [1.29, 1.82) is 0 Å². The summed E-state index contributed by atoms with van der Waals surface area (Å²) in [6, 6.07) is 5.82. The van der Waals surface area contributed by atoms with Crippen molar-refractivity contribution in [3.63, 3.8) is 0 Å². The summed E-state index contributed by atoms with van der Waals surface area (Å²) in [6.07, 6.45) is 0.696. The van der Waals surface area contributed by atoms with Gasteiger partial charge in [0, 0.05) is 24.7 Å². The van der Waals surface area contributed by atoms with Gasteiger partial charge in [0.05, 0.1) is 0 Å². The fourth-order valence-electron chi connectivity index (χ4n) is 2.30. The van der Waals surface area contributed by atoms with E-state index in [1.807, 2.05) is 18.2 Å². The van der Waals surface area contributed by atoms with E-state index < -0.39 is 17.5 Å². The lowest BCUT2D eigenvalue weighted by Crippen LogP contribution is -2.54. The fourth-order valence-corrected chi connectivity index (χ4v) is 2.91. The minimum atomic E-state index is -1.83. The Morgan fingerprint density at radius 1 is 1.45 bits per heavy atom. The van der Waals surface area contributed by atoms with Gasteiger partial charge in [0.15, 0.2) is 0 Å². The van der Waals surface area contributed by atoms with E-state index in [2.05, 4.69) is 15.9 Å². The van der Waals surface area contributed by atoms with Crippen molar-refractivity contribution in [1.82, 2.24) is 4.90 Å². The monoisotopic (exact) mass is 341 g/mol. The normalized spacial score (nSPS) is 17.2. The number of ether oxygens (including phenoxy) is 1. The van der Waals surface area contributed by atoms with E-state index in [1.54, 1.807) is 0 Å². The first-order chi connectivity index (χ1) is 9.40. The molecule has 20 heavy (non-hydrogen) atoms. The van der Waals surface area contributed by atoms with Crippen LogP contribution in [0.4, 0.5) is 0 Å². The SMILES string of the molecule is COC(C)(C(=O)O)C(=O)N1CCc2c(Br)cccc2C1. The zero-order chi connectivity index (χ0) is 14.9. The van der Waals surface area contributed by atoms with Crippen LogP contribution < -0.4 is 0 Å². The lowest BCUT2D eigenvalue weighted by Gasteiger charge is -2.34. The molecule has 1 aromatic carbocycles. The van der Waals surface area contributed by atoms with Crippen LogP contribution in [0.25, 0.3) is 0 Å². The van der Waals surface area contributed by atoms with Gasteiger partial charge in [0.1, 0.15) is 0 Å². The molecule has 1 unspecified atom stereocenters. The van der Waals surface area contributed by atoms with Gasteiger partial charge < -0.3 is 14.7 Å². The molecule has 1 heterocycles. The van der Waals surface area contributed by atoms with Gasteiger partial charge in [-0.05, 0) is 30.5 Å². The predicted octanol–water partition coefficient (Wildman–Crippen LogP) is 1.82. The standard InChI is InChI=1S/C14H16BrNO4/c1-14(20-2,13(18)19)12(17)16-7-6-10-9(8-16)4-3-5-11(10)15/h3-5H,6-8H2,1-2H3,(H,18,19). The molecule has 0 saturated heterocycles. The summed E-state index contributed by atoms with van der Waals surface area (Å²) in [4.78, 5) is 25.2. The van der Waals surface area contributed by atoms with Crippen molar-refractivity contribution in [3.8, 4) is 0 Å². The molecule has 1 amide bonds. The third-order valence-corrected chi connectivity index (χ3v) is 4.46. The smallest absolute Gasteiger partial charge is 0.345 e. The predicted molar refractivity (Wildman–Crippen MR) is 76.3 cm³/mol. The summed E-state index contributed by atoms with van der Waals surface area (Å²) in [5, 5.41) is 9.19. The van der Waals surface area contributed by atoms with Crippen molar-refractivity contribution in [3.05, 3.63) is 33.8 Å². The summed E-state index contributed by atoms with van der Waals surface area (Å²) in [6.45, 7) is 2.18. The quantitative estimate of drug-likeness (QED) is 0.851.